The summed E-state index contributed by atoms with van der Waals surface area (Å²) in [6.07, 6.45) is 9.71. The minimum absolute atomic E-state index is 0.230. The molecule has 2 saturated carbocycles. The van der Waals surface area contributed by atoms with Gasteiger partial charge in [-0.05, 0) is 62.8 Å². The molecular formula is C14H25NO. The van der Waals surface area contributed by atoms with Gasteiger partial charge in [0, 0.05) is 18.6 Å². The van der Waals surface area contributed by atoms with Crippen LogP contribution in [0.15, 0.2) is 0 Å². The number of piperidine rings is 1. The number of aliphatic hydroxyl groups is 1. The first-order valence-electron chi connectivity index (χ1n) is 7.13. The fraction of sp³-hybridized carbons (Fsp3) is 1.00. The first-order chi connectivity index (χ1) is 7.81. The Bertz CT molecular complexity index is 247. The zero-order valence-electron chi connectivity index (χ0n) is 10.3. The van der Waals surface area contributed by atoms with Gasteiger partial charge in [0.1, 0.15) is 0 Å². The van der Waals surface area contributed by atoms with Crippen molar-refractivity contribution in [3.8, 4) is 0 Å². The molecule has 0 amide bonds. The van der Waals surface area contributed by atoms with Gasteiger partial charge < -0.3 is 10.4 Å². The Kier molecular flexibility index (Phi) is 2.97. The van der Waals surface area contributed by atoms with Gasteiger partial charge in [0.15, 0.2) is 0 Å². The quantitative estimate of drug-likeness (QED) is 0.768. The predicted octanol–water partition coefficient (Wildman–Crippen LogP) is 2.17. The van der Waals surface area contributed by atoms with Crippen molar-refractivity contribution in [3.05, 3.63) is 0 Å². The molecule has 3 aliphatic rings. The molecule has 0 radical (unpaired) electrons. The van der Waals surface area contributed by atoms with Gasteiger partial charge in [-0.15, -0.1) is 0 Å². The second-order valence-electron chi connectivity index (χ2n) is 6.58. The van der Waals surface area contributed by atoms with Crippen LogP contribution < -0.4 is 5.32 Å². The fourth-order valence-corrected chi connectivity index (χ4v) is 4.59. The highest BCUT2D eigenvalue weighted by Crippen LogP contribution is 2.52. The number of nitrogens with one attached hydrogen (secondary N) is 1. The molecule has 1 saturated heterocycles. The molecule has 0 aromatic carbocycles. The third-order valence-electron chi connectivity index (χ3n) is 5.48. The van der Waals surface area contributed by atoms with Crippen molar-refractivity contribution in [2.24, 2.45) is 23.2 Å². The number of aliphatic hydroxyl groups excluding tert-OH is 1. The Hall–Kier alpha value is -0.0800. The number of hydrogen-bond donors (Lipinski definition) is 2. The van der Waals surface area contributed by atoms with E-state index in [1.54, 1.807) is 0 Å². The van der Waals surface area contributed by atoms with Gasteiger partial charge in [-0.1, -0.05) is 6.42 Å². The predicted molar refractivity (Wildman–Crippen MR) is 65.2 cm³/mol. The smallest absolute Gasteiger partial charge is 0.0499 e. The third-order valence-corrected chi connectivity index (χ3v) is 5.48. The lowest BCUT2D eigenvalue weighted by Crippen LogP contribution is -2.44. The summed E-state index contributed by atoms with van der Waals surface area (Å²) in [5.41, 5.74) is 0.230. The molecule has 2 heteroatoms. The van der Waals surface area contributed by atoms with Gasteiger partial charge in [0.05, 0.1) is 0 Å². The molecule has 4 atom stereocenters. The highest BCUT2D eigenvalue weighted by Gasteiger charge is 2.43. The molecule has 2 nitrogen and oxygen atoms in total. The van der Waals surface area contributed by atoms with Crippen molar-refractivity contribution in [2.45, 2.75) is 44.9 Å². The Morgan fingerprint density at radius 2 is 2.19 bits per heavy atom. The zero-order chi connectivity index (χ0) is 11.0. The van der Waals surface area contributed by atoms with E-state index in [1.807, 2.05) is 0 Å². The number of rotatable bonds is 3. The Labute approximate surface area is 98.8 Å². The third kappa shape index (κ3) is 1.91. The summed E-state index contributed by atoms with van der Waals surface area (Å²) >= 11 is 0. The van der Waals surface area contributed by atoms with E-state index >= 15 is 0 Å². The van der Waals surface area contributed by atoms with Crippen molar-refractivity contribution < 1.29 is 5.11 Å². The summed E-state index contributed by atoms with van der Waals surface area (Å²) in [5, 5.41) is 13.2. The average molecular weight is 223 g/mol. The van der Waals surface area contributed by atoms with E-state index in [4.69, 9.17) is 0 Å². The van der Waals surface area contributed by atoms with Crippen LogP contribution in [0.1, 0.15) is 44.9 Å². The summed E-state index contributed by atoms with van der Waals surface area (Å²) in [4.78, 5) is 0. The van der Waals surface area contributed by atoms with Gasteiger partial charge in [-0.2, -0.15) is 0 Å². The van der Waals surface area contributed by atoms with E-state index in [0.717, 1.165) is 30.8 Å². The maximum absolute atomic E-state index is 9.73. The molecule has 16 heavy (non-hydrogen) atoms. The fourth-order valence-electron chi connectivity index (χ4n) is 4.59. The number of hydrogen-bond acceptors (Lipinski definition) is 2. The van der Waals surface area contributed by atoms with E-state index in [2.05, 4.69) is 5.32 Å². The van der Waals surface area contributed by atoms with Crippen molar-refractivity contribution in [3.63, 3.8) is 0 Å². The molecule has 0 aromatic heterocycles. The van der Waals surface area contributed by atoms with Crippen LogP contribution in [0.3, 0.4) is 0 Å². The van der Waals surface area contributed by atoms with Crippen LogP contribution in [0, 0.1) is 23.2 Å². The van der Waals surface area contributed by atoms with Gasteiger partial charge in [0.25, 0.3) is 0 Å². The summed E-state index contributed by atoms with van der Waals surface area (Å²) in [6, 6.07) is 0. The first-order valence-corrected chi connectivity index (χ1v) is 7.13. The molecule has 3 fully saturated rings. The molecule has 92 valence electrons. The van der Waals surface area contributed by atoms with E-state index in [-0.39, 0.29) is 5.41 Å². The number of fused-ring (bicyclic) bond motifs is 2. The first kappa shape index (κ1) is 11.0. The van der Waals surface area contributed by atoms with Gasteiger partial charge in [0.2, 0.25) is 0 Å². The van der Waals surface area contributed by atoms with Crippen LogP contribution in [-0.4, -0.2) is 24.8 Å². The van der Waals surface area contributed by atoms with Gasteiger partial charge >= 0.3 is 0 Å². The van der Waals surface area contributed by atoms with E-state index in [1.165, 1.54) is 44.9 Å². The zero-order valence-corrected chi connectivity index (χ0v) is 10.3. The maximum Gasteiger partial charge on any atom is 0.0499 e. The van der Waals surface area contributed by atoms with Crippen LogP contribution in [0.4, 0.5) is 0 Å². The highest BCUT2D eigenvalue weighted by molar-refractivity contribution is 4.95. The minimum atomic E-state index is 0.230. The van der Waals surface area contributed by atoms with Crippen molar-refractivity contribution in [1.29, 1.82) is 0 Å². The Morgan fingerprint density at radius 3 is 2.75 bits per heavy atom. The molecule has 3 rings (SSSR count). The average Bonchev–Trinajstić information content (AvgIpc) is 2.92. The van der Waals surface area contributed by atoms with Crippen LogP contribution in [0.25, 0.3) is 0 Å². The molecular weight excluding hydrogens is 198 g/mol. The van der Waals surface area contributed by atoms with Crippen molar-refractivity contribution >= 4 is 0 Å². The summed E-state index contributed by atoms with van der Waals surface area (Å²) in [7, 11) is 0. The Balaban J connectivity index is 1.63. The van der Waals surface area contributed by atoms with Crippen molar-refractivity contribution in [2.75, 3.05) is 19.7 Å². The Morgan fingerprint density at radius 1 is 1.25 bits per heavy atom. The SMILES string of the molecule is OCC1(CC2CC3CCC2C3)CCCNC1. The van der Waals surface area contributed by atoms with E-state index < -0.39 is 0 Å². The second kappa shape index (κ2) is 4.30. The van der Waals surface area contributed by atoms with Crippen LogP contribution in [0.5, 0.6) is 0 Å². The normalized spacial score (nSPS) is 47.4. The lowest BCUT2D eigenvalue weighted by molar-refractivity contribution is 0.0575. The molecule has 2 aliphatic carbocycles. The van der Waals surface area contributed by atoms with E-state index in [9.17, 15) is 5.11 Å². The van der Waals surface area contributed by atoms with Crippen LogP contribution >= 0.6 is 0 Å². The standard InChI is InChI=1S/C14H25NO/c16-10-14(4-1-5-15-9-14)8-13-7-11-2-3-12(13)6-11/h11-13,15-16H,1-10H2. The summed E-state index contributed by atoms with van der Waals surface area (Å²) in [5.74, 6) is 2.99. The molecule has 2 bridgehead atoms. The summed E-state index contributed by atoms with van der Waals surface area (Å²) < 4.78 is 0. The molecule has 4 unspecified atom stereocenters. The lowest BCUT2D eigenvalue weighted by Gasteiger charge is -2.40. The minimum Gasteiger partial charge on any atom is -0.396 e. The molecule has 1 heterocycles. The molecule has 0 aromatic rings. The lowest BCUT2D eigenvalue weighted by atomic mass is 9.71. The van der Waals surface area contributed by atoms with E-state index in [0.29, 0.717) is 6.61 Å². The van der Waals surface area contributed by atoms with Crippen molar-refractivity contribution in [1.82, 2.24) is 5.32 Å². The topological polar surface area (TPSA) is 32.3 Å². The van der Waals surface area contributed by atoms with Gasteiger partial charge in [-0.3, -0.25) is 0 Å². The van der Waals surface area contributed by atoms with Crippen LogP contribution in [-0.2, 0) is 0 Å². The monoisotopic (exact) mass is 223 g/mol. The molecule has 1 aliphatic heterocycles. The summed E-state index contributed by atoms with van der Waals surface area (Å²) in [6.45, 7) is 2.60. The maximum atomic E-state index is 9.73. The van der Waals surface area contributed by atoms with Crippen LogP contribution in [0.2, 0.25) is 0 Å². The largest absolute Gasteiger partial charge is 0.396 e. The molecule has 0 spiro atoms. The second-order valence-corrected chi connectivity index (χ2v) is 6.58. The molecule has 2 N–H and O–H groups in total. The highest BCUT2D eigenvalue weighted by atomic mass is 16.3. The van der Waals surface area contributed by atoms with Gasteiger partial charge in [-0.25, -0.2) is 0 Å².